The largest absolute Gasteiger partial charge is 0.507 e. The van der Waals surface area contributed by atoms with Gasteiger partial charge in [-0.3, -0.25) is 4.79 Å². The number of benzene rings is 1. The number of amides is 1. The number of rotatable bonds is 5. The van der Waals surface area contributed by atoms with Gasteiger partial charge in [-0.15, -0.1) is 0 Å². The zero-order chi connectivity index (χ0) is 18.5. The maximum atomic E-state index is 11.9. The molecule has 132 valence electrons. The van der Waals surface area contributed by atoms with E-state index in [1.54, 1.807) is 0 Å². The molecule has 4 heteroatoms. The van der Waals surface area contributed by atoms with Gasteiger partial charge in [-0.05, 0) is 33.9 Å². The summed E-state index contributed by atoms with van der Waals surface area (Å²) < 4.78 is 0. The van der Waals surface area contributed by atoms with E-state index in [1.165, 1.54) is 0 Å². The second-order valence-electron chi connectivity index (χ2n) is 8.30. The Morgan fingerprint density at radius 3 is 2.04 bits per heavy atom. The highest BCUT2D eigenvalue weighted by atomic mass is 16.3. The van der Waals surface area contributed by atoms with Gasteiger partial charge in [0.15, 0.2) is 0 Å². The molecule has 0 bridgehead atoms. The van der Waals surface area contributed by atoms with E-state index in [0.717, 1.165) is 16.7 Å². The lowest BCUT2D eigenvalue weighted by molar-refractivity contribution is -0.121. The van der Waals surface area contributed by atoms with Gasteiger partial charge in [-0.2, -0.15) is 5.26 Å². The number of aryl methyl sites for hydroxylation is 1. The SMILES string of the molecule is CC(C)(C)c1cc(CCC(=O)NCCC#N)cc(C(C)(C)C)c1O. The van der Waals surface area contributed by atoms with E-state index in [1.807, 2.05) is 18.2 Å². The summed E-state index contributed by atoms with van der Waals surface area (Å²) in [5, 5.41) is 21.9. The fourth-order valence-electron chi connectivity index (χ4n) is 2.59. The summed E-state index contributed by atoms with van der Waals surface area (Å²) in [6, 6.07) is 6.02. The molecule has 1 aromatic rings. The third-order valence-electron chi connectivity index (χ3n) is 3.99. The highest BCUT2D eigenvalue weighted by molar-refractivity contribution is 5.76. The monoisotopic (exact) mass is 330 g/mol. The van der Waals surface area contributed by atoms with E-state index < -0.39 is 0 Å². The summed E-state index contributed by atoms with van der Waals surface area (Å²) in [6.07, 6.45) is 1.32. The molecule has 0 spiro atoms. The van der Waals surface area contributed by atoms with E-state index in [-0.39, 0.29) is 16.7 Å². The highest BCUT2D eigenvalue weighted by Crippen LogP contribution is 2.39. The molecule has 0 aliphatic rings. The summed E-state index contributed by atoms with van der Waals surface area (Å²) in [6.45, 7) is 12.9. The van der Waals surface area contributed by atoms with Crippen LogP contribution in [0.25, 0.3) is 0 Å². The van der Waals surface area contributed by atoms with Crippen LogP contribution in [0.5, 0.6) is 5.75 Å². The zero-order valence-electron chi connectivity index (χ0n) is 15.8. The normalized spacial score (nSPS) is 11.9. The number of carbonyl (C=O) groups excluding carboxylic acids is 1. The predicted molar refractivity (Wildman–Crippen MR) is 97.1 cm³/mol. The minimum absolute atomic E-state index is 0.0482. The molecule has 0 aliphatic carbocycles. The number of phenolic OH excluding ortho intramolecular Hbond substituents is 1. The minimum atomic E-state index is -0.171. The molecule has 4 nitrogen and oxygen atoms in total. The van der Waals surface area contributed by atoms with Gasteiger partial charge in [0.1, 0.15) is 5.75 Å². The van der Waals surface area contributed by atoms with Crippen molar-refractivity contribution in [2.24, 2.45) is 0 Å². The summed E-state index contributed by atoms with van der Waals surface area (Å²) in [7, 11) is 0. The second kappa shape index (κ2) is 7.70. The molecule has 24 heavy (non-hydrogen) atoms. The number of nitrogens with one attached hydrogen (secondary N) is 1. The number of nitriles is 1. The molecule has 0 fully saturated rings. The molecule has 0 unspecified atom stereocenters. The third kappa shape index (κ3) is 5.56. The van der Waals surface area contributed by atoms with Crippen LogP contribution in [0.4, 0.5) is 0 Å². The average Bonchev–Trinajstić information content (AvgIpc) is 2.44. The van der Waals surface area contributed by atoms with Crippen LogP contribution < -0.4 is 5.32 Å². The van der Waals surface area contributed by atoms with Gasteiger partial charge in [-0.25, -0.2) is 0 Å². The van der Waals surface area contributed by atoms with Crippen molar-refractivity contribution in [3.05, 3.63) is 28.8 Å². The first-order valence-corrected chi connectivity index (χ1v) is 8.47. The molecule has 0 aromatic heterocycles. The van der Waals surface area contributed by atoms with Crippen LogP contribution in [0.15, 0.2) is 12.1 Å². The maximum absolute atomic E-state index is 11.9. The van der Waals surface area contributed by atoms with Gasteiger partial charge in [0.2, 0.25) is 5.91 Å². The topological polar surface area (TPSA) is 73.1 Å². The molecule has 1 amide bonds. The quantitative estimate of drug-likeness (QED) is 0.803. The Labute approximate surface area is 145 Å². The molecule has 1 aromatic carbocycles. The Balaban J connectivity index is 3.04. The Bertz CT molecular complexity index is 594. The fourth-order valence-corrected chi connectivity index (χ4v) is 2.59. The van der Waals surface area contributed by atoms with Crippen molar-refractivity contribution in [2.45, 2.75) is 71.6 Å². The number of aromatic hydroxyl groups is 1. The predicted octanol–water partition coefficient (Wildman–Crippen LogP) is 3.95. The molecular weight excluding hydrogens is 300 g/mol. The first kappa shape index (κ1) is 20.0. The maximum Gasteiger partial charge on any atom is 0.220 e. The van der Waals surface area contributed by atoms with Gasteiger partial charge in [0.25, 0.3) is 0 Å². The standard InChI is InChI=1S/C20H30N2O2/c1-19(2,3)15-12-14(8-9-17(23)22-11-7-10-21)13-16(18(15)24)20(4,5)6/h12-13,24H,7-9,11H2,1-6H3,(H,22,23). The van der Waals surface area contributed by atoms with Crippen LogP contribution in [0.3, 0.4) is 0 Å². The van der Waals surface area contributed by atoms with Gasteiger partial charge < -0.3 is 10.4 Å². The number of phenols is 1. The van der Waals surface area contributed by atoms with Crippen molar-refractivity contribution < 1.29 is 9.90 Å². The molecule has 0 saturated carbocycles. The van der Waals surface area contributed by atoms with Crippen molar-refractivity contribution in [2.75, 3.05) is 6.54 Å². The smallest absolute Gasteiger partial charge is 0.220 e. The first-order valence-electron chi connectivity index (χ1n) is 8.47. The van der Waals surface area contributed by atoms with Crippen LogP contribution in [0.2, 0.25) is 0 Å². The van der Waals surface area contributed by atoms with E-state index in [2.05, 4.69) is 46.9 Å². The molecule has 0 atom stereocenters. The Morgan fingerprint density at radius 2 is 1.62 bits per heavy atom. The fraction of sp³-hybridized carbons (Fsp3) is 0.600. The van der Waals surface area contributed by atoms with Crippen LogP contribution in [-0.4, -0.2) is 17.6 Å². The van der Waals surface area contributed by atoms with Crippen LogP contribution in [-0.2, 0) is 22.0 Å². The lowest BCUT2D eigenvalue weighted by Gasteiger charge is -2.28. The Hall–Kier alpha value is -2.02. The minimum Gasteiger partial charge on any atom is -0.507 e. The molecule has 0 heterocycles. The average molecular weight is 330 g/mol. The van der Waals surface area contributed by atoms with Crippen LogP contribution in [0, 0.1) is 11.3 Å². The molecule has 2 N–H and O–H groups in total. The van der Waals surface area contributed by atoms with Crippen LogP contribution >= 0.6 is 0 Å². The second-order valence-corrected chi connectivity index (χ2v) is 8.30. The van der Waals surface area contributed by atoms with E-state index in [9.17, 15) is 9.90 Å². The summed E-state index contributed by atoms with van der Waals surface area (Å²) >= 11 is 0. The molecular formula is C20H30N2O2. The van der Waals surface area contributed by atoms with Crippen molar-refractivity contribution in [1.82, 2.24) is 5.32 Å². The number of hydrogen-bond donors (Lipinski definition) is 2. The van der Waals surface area contributed by atoms with E-state index >= 15 is 0 Å². The lowest BCUT2D eigenvalue weighted by atomic mass is 9.78. The van der Waals surface area contributed by atoms with E-state index in [4.69, 9.17) is 5.26 Å². The molecule has 0 aliphatic heterocycles. The van der Waals surface area contributed by atoms with Crippen molar-refractivity contribution >= 4 is 5.91 Å². The Morgan fingerprint density at radius 1 is 1.12 bits per heavy atom. The number of hydrogen-bond acceptors (Lipinski definition) is 3. The van der Waals surface area contributed by atoms with Crippen molar-refractivity contribution in [3.8, 4) is 11.8 Å². The summed E-state index contributed by atoms with van der Waals surface area (Å²) in [5.41, 5.74) is 2.53. The van der Waals surface area contributed by atoms with Gasteiger partial charge in [0, 0.05) is 13.0 Å². The molecule has 0 saturated heterocycles. The molecule has 1 rings (SSSR count). The Kier molecular flexibility index (Phi) is 6.42. The van der Waals surface area contributed by atoms with Crippen LogP contribution in [0.1, 0.15) is 71.1 Å². The molecule has 0 radical (unpaired) electrons. The van der Waals surface area contributed by atoms with Crippen molar-refractivity contribution in [3.63, 3.8) is 0 Å². The summed E-state index contributed by atoms with van der Waals surface area (Å²) in [4.78, 5) is 11.9. The first-order chi connectivity index (χ1) is 11.0. The van der Waals surface area contributed by atoms with Gasteiger partial charge >= 0.3 is 0 Å². The zero-order valence-corrected chi connectivity index (χ0v) is 15.8. The van der Waals surface area contributed by atoms with Gasteiger partial charge in [-0.1, -0.05) is 53.7 Å². The van der Waals surface area contributed by atoms with Gasteiger partial charge in [0.05, 0.1) is 12.5 Å². The van der Waals surface area contributed by atoms with E-state index in [0.29, 0.717) is 31.6 Å². The highest BCUT2D eigenvalue weighted by Gasteiger charge is 2.26. The lowest BCUT2D eigenvalue weighted by Crippen LogP contribution is -2.24. The van der Waals surface area contributed by atoms with Crippen molar-refractivity contribution in [1.29, 1.82) is 5.26 Å². The number of nitrogens with zero attached hydrogens (tertiary/aromatic N) is 1. The third-order valence-corrected chi connectivity index (χ3v) is 3.99. The number of carbonyl (C=O) groups is 1. The summed E-state index contributed by atoms with van der Waals surface area (Å²) in [5.74, 6) is 0.310.